The van der Waals surface area contributed by atoms with Crippen LogP contribution in [0.25, 0.3) is 0 Å². The Kier molecular flexibility index (Phi) is 6.70. The molecule has 2 aliphatic heterocycles. The van der Waals surface area contributed by atoms with E-state index in [4.69, 9.17) is 19.3 Å². The molecule has 34 heavy (non-hydrogen) atoms. The normalized spacial score (nSPS) is 18.5. The van der Waals surface area contributed by atoms with Crippen LogP contribution >= 0.6 is 0 Å². The number of ether oxygens (including phenoxy) is 3. The minimum absolute atomic E-state index is 0.0912. The number of rotatable bonds is 9. The predicted octanol–water partition coefficient (Wildman–Crippen LogP) is 6.90. The zero-order valence-corrected chi connectivity index (χ0v) is 19.9. The van der Waals surface area contributed by atoms with Crippen LogP contribution in [0.15, 0.2) is 77.9 Å². The summed E-state index contributed by atoms with van der Waals surface area (Å²) in [6, 6.07) is 24.8. The molecule has 176 valence electrons. The summed E-state index contributed by atoms with van der Waals surface area (Å²) in [7, 11) is 1.69. The third-order valence-corrected chi connectivity index (χ3v) is 6.54. The van der Waals surface area contributed by atoms with E-state index in [9.17, 15) is 0 Å². The van der Waals surface area contributed by atoms with Gasteiger partial charge in [-0.2, -0.15) is 5.10 Å². The van der Waals surface area contributed by atoms with Crippen LogP contribution in [0, 0.1) is 0 Å². The Hall–Kier alpha value is -3.47. The number of nitrogens with zero attached hydrogens (tertiary/aromatic N) is 2. The number of unbranched alkanes of at least 4 members (excludes halogenated alkanes) is 3. The first-order valence-corrected chi connectivity index (χ1v) is 12.3. The first-order valence-electron chi connectivity index (χ1n) is 12.3. The molecule has 3 aromatic carbocycles. The highest BCUT2D eigenvalue weighted by Gasteiger charge is 2.42. The average Bonchev–Trinajstić information content (AvgIpc) is 3.35. The second-order valence-corrected chi connectivity index (χ2v) is 8.84. The Labute approximate surface area is 202 Å². The van der Waals surface area contributed by atoms with Crippen LogP contribution in [-0.2, 0) is 0 Å². The van der Waals surface area contributed by atoms with Crippen LogP contribution in [0.3, 0.4) is 0 Å². The van der Waals surface area contributed by atoms with Gasteiger partial charge < -0.3 is 14.2 Å². The van der Waals surface area contributed by atoms with Crippen molar-refractivity contribution in [2.45, 2.75) is 51.3 Å². The lowest BCUT2D eigenvalue weighted by Crippen LogP contribution is -2.33. The maximum atomic E-state index is 6.56. The van der Waals surface area contributed by atoms with Gasteiger partial charge in [0.2, 0.25) is 6.23 Å². The van der Waals surface area contributed by atoms with Gasteiger partial charge in [-0.25, -0.2) is 5.01 Å². The van der Waals surface area contributed by atoms with Gasteiger partial charge in [0.05, 0.1) is 25.5 Å². The summed E-state index contributed by atoms with van der Waals surface area (Å²) in [6.07, 6.45) is 5.27. The van der Waals surface area contributed by atoms with Crippen LogP contribution in [0.2, 0.25) is 0 Å². The van der Waals surface area contributed by atoms with E-state index in [0.29, 0.717) is 0 Å². The molecule has 0 amide bonds. The van der Waals surface area contributed by atoms with Crippen LogP contribution < -0.4 is 14.2 Å². The van der Waals surface area contributed by atoms with Gasteiger partial charge >= 0.3 is 0 Å². The fourth-order valence-corrected chi connectivity index (χ4v) is 4.72. The first kappa shape index (κ1) is 22.3. The number of hydrazone groups is 1. The highest BCUT2D eigenvalue weighted by molar-refractivity contribution is 6.01. The molecule has 0 saturated carbocycles. The van der Waals surface area contributed by atoms with Gasteiger partial charge in [0.15, 0.2) is 11.5 Å². The molecule has 2 unspecified atom stereocenters. The third-order valence-electron chi connectivity index (χ3n) is 6.54. The molecule has 0 spiro atoms. The van der Waals surface area contributed by atoms with Crippen molar-refractivity contribution in [3.05, 3.63) is 89.5 Å². The fraction of sp³-hybridized carbons (Fsp3) is 0.345. The molecule has 2 aliphatic rings. The van der Waals surface area contributed by atoms with E-state index in [2.05, 4.69) is 54.4 Å². The van der Waals surface area contributed by atoms with Crippen LogP contribution in [-0.4, -0.2) is 24.4 Å². The van der Waals surface area contributed by atoms with E-state index >= 15 is 0 Å². The van der Waals surface area contributed by atoms with Gasteiger partial charge in [-0.3, -0.25) is 0 Å². The third kappa shape index (κ3) is 4.47. The van der Waals surface area contributed by atoms with Crippen LogP contribution in [0.4, 0.5) is 0 Å². The quantitative estimate of drug-likeness (QED) is 0.329. The Morgan fingerprint density at radius 2 is 1.76 bits per heavy atom. The minimum atomic E-state index is -0.339. The molecular weight excluding hydrogens is 424 g/mol. The van der Waals surface area contributed by atoms with Crippen molar-refractivity contribution in [1.29, 1.82) is 0 Å². The van der Waals surface area contributed by atoms with Gasteiger partial charge in [-0.15, -0.1) is 0 Å². The van der Waals surface area contributed by atoms with Crippen molar-refractivity contribution >= 4 is 5.71 Å². The van der Waals surface area contributed by atoms with Crippen molar-refractivity contribution < 1.29 is 14.2 Å². The SMILES string of the molecule is CCCCCCOc1ccc(C2Oc3c(OC)cccc3C3CC(c4ccccc4)=NN32)cc1. The van der Waals surface area contributed by atoms with Crippen molar-refractivity contribution in [3.63, 3.8) is 0 Å². The lowest BCUT2D eigenvalue weighted by molar-refractivity contribution is -0.0209. The molecule has 3 aromatic rings. The zero-order chi connectivity index (χ0) is 23.3. The van der Waals surface area contributed by atoms with E-state index in [1.807, 2.05) is 30.3 Å². The van der Waals surface area contributed by atoms with Crippen molar-refractivity contribution in [3.8, 4) is 17.2 Å². The number of benzene rings is 3. The summed E-state index contributed by atoms with van der Waals surface area (Å²) < 4.78 is 18.2. The summed E-state index contributed by atoms with van der Waals surface area (Å²) in [5, 5.41) is 7.15. The van der Waals surface area contributed by atoms with Crippen molar-refractivity contribution in [2.24, 2.45) is 5.10 Å². The van der Waals surface area contributed by atoms with E-state index in [1.165, 1.54) is 19.3 Å². The van der Waals surface area contributed by atoms with E-state index in [0.717, 1.165) is 59.1 Å². The summed E-state index contributed by atoms with van der Waals surface area (Å²) in [4.78, 5) is 0. The topological polar surface area (TPSA) is 43.3 Å². The zero-order valence-electron chi connectivity index (χ0n) is 19.9. The highest BCUT2D eigenvalue weighted by atomic mass is 16.5. The lowest BCUT2D eigenvalue weighted by atomic mass is 9.95. The average molecular weight is 457 g/mol. The standard InChI is InChI=1S/C29H32N2O3/c1-3-4-5-9-19-33-23-17-15-22(16-18-23)29-31-26(20-25(30-31)21-11-7-6-8-12-21)24-13-10-14-27(32-2)28(24)34-29/h6-8,10-18,26,29H,3-5,9,19-20H2,1-2H3. The summed E-state index contributed by atoms with van der Waals surface area (Å²) in [6.45, 7) is 2.97. The van der Waals surface area contributed by atoms with Crippen molar-refractivity contribution in [1.82, 2.24) is 5.01 Å². The minimum Gasteiger partial charge on any atom is -0.494 e. The monoisotopic (exact) mass is 456 g/mol. The van der Waals surface area contributed by atoms with Crippen LogP contribution in [0.5, 0.6) is 17.2 Å². The molecule has 0 aliphatic carbocycles. The molecule has 0 bridgehead atoms. The van der Waals surface area contributed by atoms with Gasteiger partial charge in [0.25, 0.3) is 0 Å². The van der Waals surface area contributed by atoms with Gasteiger partial charge in [0.1, 0.15) is 5.75 Å². The number of hydrogen-bond acceptors (Lipinski definition) is 5. The van der Waals surface area contributed by atoms with E-state index < -0.39 is 0 Å². The number of hydrogen-bond donors (Lipinski definition) is 0. The molecule has 0 fully saturated rings. The number of methoxy groups -OCH3 is 1. The molecule has 0 aromatic heterocycles. The Bertz CT molecular complexity index is 1130. The molecule has 5 nitrogen and oxygen atoms in total. The lowest BCUT2D eigenvalue weighted by Gasteiger charge is -2.38. The maximum Gasteiger partial charge on any atom is 0.214 e. The maximum absolute atomic E-state index is 6.56. The molecule has 0 N–H and O–H groups in total. The molecule has 2 atom stereocenters. The summed E-state index contributed by atoms with van der Waals surface area (Å²) in [5.74, 6) is 2.44. The van der Waals surface area contributed by atoms with Gasteiger partial charge in [-0.1, -0.05) is 68.7 Å². The summed E-state index contributed by atoms with van der Waals surface area (Å²) in [5.41, 5.74) is 4.36. The molecule has 5 heteroatoms. The van der Waals surface area contributed by atoms with Crippen molar-refractivity contribution in [2.75, 3.05) is 13.7 Å². The molecule has 0 radical (unpaired) electrons. The Balaban J connectivity index is 1.42. The van der Waals surface area contributed by atoms with E-state index in [-0.39, 0.29) is 12.3 Å². The van der Waals surface area contributed by atoms with Crippen LogP contribution in [0.1, 0.15) is 68.0 Å². The molecular formula is C29H32N2O3. The molecule has 2 heterocycles. The predicted molar refractivity (Wildman–Crippen MR) is 135 cm³/mol. The smallest absolute Gasteiger partial charge is 0.214 e. The second-order valence-electron chi connectivity index (χ2n) is 8.84. The largest absolute Gasteiger partial charge is 0.494 e. The second kappa shape index (κ2) is 10.2. The van der Waals surface area contributed by atoms with E-state index in [1.54, 1.807) is 7.11 Å². The fourth-order valence-electron chi connectivity index (χ4n) is 4.72. The summed E-state index contributed by atoms with van der Waals surface area (Å²) >= 11 is 0. The number of para-hydroxylation sites is 1. The Morgan fingerprint density at radius 1 is 0.941 bits per heavy atom. The highest BCUT2D eigenvalue weighted by Crippen LogP contribution is 2.50. The van der Waals surface area contributed by atoms with Gasteiger partial charge in [0, 0.05) is 17.5 Å². The van der Waals surface area contributed by atoms with Gasteiger partial charge in [-0.05, 0) is 42.3 Å². The molecule has 5 rings (SSSR count). The first-order chi connectivity index (χ1) is 16.8. The molecule has 0 saturated heterocycles. The number of fused-ring (bicyclic) bond motifs is 3. The Morgan fingerprint density at radius 3 is 2.53 bits per heavy atom.